The molecule has 1 atom stereocenters. The van der Waals surface area contributed by atoms with Gasteiger partial charge in [0.25, 0.3) is 0 Å². The molecule has 0 spiro atoms. The van der Waals surface area contributed by atoms with Crippen LogP contribution in [-0.2, 0) is 13.0 Å². The number of nitrogens with zero attached hydrogens (tertiary/aromatic N) is 4. The SMILES string of the molecule is CC(NCC1CCN(C)CC1)c1nnc2n1CCCCC2. The third-order valence-electron chi connectivity index (χ3n) is 5.08. The van der Waals surface area contributed by atoms with Crippen molar-refractivity contribution in [2.24, 2.45) is 5.92 Å². The molecule has 0 aromatic carbocycles. The molecular formula is C16H29N5. The van der Waals surface area contributed by atoms with Crippen molar-refractivity contribution in [3.63, 3.8) is 0 Å². The van der Waals surface area contributed by atoms with Crippen molar-refractivity contribution in [3.8, 4) is 0 Å². The number of fused-ring (bicyclic) bond motifs is 1. The minimum Gasteiger partial charge on any atom is -0.314 e. The van der Waals surface area contributed by atoms with Crippen LogP contribution in [0.4, 0.5) is 0 Å². The van der Waals surface area contributed by atoms with Crippen LogP contribution in [0.1, 0.15) is 56.7 Å². The quantitative estimate of drug-likeness (QED) is 0.921. The summed E-state index contributed by atoms with van der Waals surface area (Å²) < 4.78 is 2.36. The second-order valence-electron chi connectivity index (χ2n) is 6.81. The summed E-state index contributed by atoms with van der Waals surface area (Å²) in [6.45, 7) is 6.91. The van der Waals surface area contributed by atoms with E-state index in [1.807, 2.05) is 0 Å². The highest BCUT2D eigenvalue weighted by Crippen LogP contribution is 2.20. The lowest BCUT2D eigenvalue weighted by Crippen LogP contribution is -2.36. The van der Waals surface area contributed by atoms with E-state index in [0.717, 1.165) is 31.3 Å². The molecule has 1 aromatic heterocycles. The summed E-state index contributed by atoms with van der Waals surface area (Å²) in [5.74, 6) is 3.14. The van der Waals surface area contributed by atoms with Gasteiger partial charge >= 0.3 is 0 Å². The van der Waals surface area contributed by atoms with Gasteiger partial charge in [-0.1, -0.05) is 6.42 Å². The number of likely N-dealkylation sites (tertiary alicyclic amines) is 1. The zero-order valence-corrected chi connectivity index (χ0v) is 13.5. The zero-order chi connectivity index (χ0) is 14.7. The Morgan fingerprint density at radius 2 is 1.95 bits per heavy atom. The maximum absolute atomic E-state index is 4.46. The predicted octanol–water partition coefficient (Wildman–Crippen LogP) is 2.00. The van der Waals surface area contributed by atoms with Gasteiger partial charge in [0.2, 0.25) is 0 Å². The van der Waals surface area contributed by atoms with Crippen LogP contribution in [-0.4, -0.2) is 46.3 Å². The maximum Gasteiger partial charge on any atom is 0.149 e. The van der Waals surface area contributed by atoms with E-state index in [2.05, 4.69) is 39.0 Å². The molecule has 0 amide bonds. The fourth-order valence-electron chi connectivity index (χ4n) is 3.53. The molecule has 5 heteroatoms. The van der Waals surface area contributed by atoms with E-state index in [9.17, 15) is 0 Å². The second kappa shape index (κ2) is 6.88. The smallest absolute Gasteiger partial charge is 0.149 e. The third kappa shape index (κ3) is 3.64. The number of aryl methyl sites for hydroxylation is 1. The van der Waals surface area contributed by atoms with Crippen molar-refractivity contribution in [1.82, 2.24) is 25.0 Å². The third-order valence-corrected chi connectivity index (χ3v) is 5.08. The topological polar surface area (TPSA) is 46.0 Å². The van der Waals surface area contributed by atoms with Crippen molar-refractivity contribution in [1.29, 1.82) is 0 Å². The van der Waals surface area contributed by atoms with Gasteiger partial charge in [-0.05, 0) is 65.2 Å². The van der Waals surface area contributed by atoms with Gasteiger partial charge in [0.15, 0.2) is 0 Å². The highest BCUT2D eigenvalue weighted by atomic mass is 15.3. The minimum absolute atomic E-state index is 0.309. The lowest BCUT2D eigenvalue weighted by molar-refractivity contribution is 0.212. The van der Waals surface area contributed by atoms with Gasteiger partial charge in [-0.15, -0.1) is 10.2 Å². The maximum atomic E-state index is 4.46. The van der Waals surface area contributed by atoms with Crippen LogP contribution in [0.15, 0.2) is 0 Å². The Balaban J connectivity index is 1.56. The number of hydrogen-bond donors (Lipinski definition) is 1. The molecule has 0 bridgehead atoms. The molecular weight excluding hydrogens is 262 g/mol. The normalized spacial score (nSPS) is 22.8. The van der Waals surface area contributed by atoms with Crippen molar-refractivity contribution < 1.29 is 0 Å². The highest BCUT2D eigenvalue weighted by Gasteiger charge is 2.21. The van der Waals surface area contributed by atoms with Crippen LogP contribution in [0.25, 0.3) is 0 Å². The molecule has 1 unspecified atom stereocenters. The minimum atomic E-state index is 0.309. The Labute approximate surface area is 128 Å². The van der Waals surface area contributed by atoms with E-state index in [0.29, 0.717) is 6.04 Å². The molecule has 0 aliphatic carbocycles. The monoisotopic (exact) mass is 291 g/mol. The van der Waals surface area contributed by atoms with Crippen LogP contribution in [0, 0.1) is 5.92 Å². The van der Waals surface area contributed by atoms with Crippen LogP contribution >= 0.6 is 0 Å². The Morgan fingerprint density at radius 3 is 2.76 bits per heavy atom. The highest BCUT2D eigenvalue weighted by molar-refractivity contribution is 5.02. The van der Waals surface area contributed by atoms with E-state index in [4.69, 9.17) is 0 Å². The van der Waals surface area contributed by atoms with E-state index < -0.39 is 0 Å². The Kier molecular flexibility index (Phi) is 4.91. The standard InChI is InChI=1S/C16H29N5/c1-13(17-12-14-7-10-20(2)11-8-14)16-19-18-15-6-4-3-5-9-21(15)16/h13-14,17H,3-12H2,1-2H3. The van der Waals surface area contributed by atoms with Crippen LogP contribution in [0.2, 0.25) is 0 Å². The molecule has 1 N–H and O–H groups in total. The Morgan fingerprint density at radius 1 is 1.14 bits per heavy atom. The fraction of sp³-hybridized carbons (Fsp3) is 0.875. The molecule has 3 rings (SSSR count). The predicted molar refractivity (Wildman–Crippen MR) is 84.2 cm³/mol. The molecule has 1 saturated heterocycles. The van der Waals surface area contributed by atoms with E-state index >= 15 is 0 Å². The molecule has 2 aliphatic heterocycles. The molecule has 3 heterocycles. The summed E-state index contributed by atoms with van der Waals surface area (Å²) in [5.41, 5.74) is 0. The van der Waals surface area contributed by atoms with E-state index in [-0.39, 0.29) is 0 Å². The molecule has 0 radical (unpaired) electrons. The Bertz CT molecular complexity index is 448. The first kappa shape index (κ1) is 15.0. The lowest BCUT2D eigenvalue weighted by atomic mass is 9.97. The molecule has 118 valence electrons. The second-order valence-corrected chi connectivity index (χ2v) is 6.81. The van der Waals surface area contributed by atoms with Gasteiger partial charge in [0.1, 0.15) is 11.6 Å². The lowest BCUT2D eigenvalue weighted by Gasteiger charge is -2.29. The molecule has 0 saturated carbocycles. The van der Waals surface area contributed by atoms with Gasteiger partial charge in [-0.2, -0.15) is 0 Å². The van der Waals surface area contributed by atoms with Crippen molar-refractivity contribution in [3.05, 3.63) is 11.6 Å². The molecule has 1 fully saturated rings. The van der Waals surface area contributed by atoms with Gasteiger partial charge in [-0.25, -0.2) is 0 Å². The number of rotatable bonds is 4. The average Bonchev–Trinajstić information content (AvgIpc) is 2.75. The summed E-state index contributed by atoms with van der Waals surface area (Å²) in [4.78, 5) is 2.43. The summed E-state index contributed by atoms with van der Waals surface area (Å²) in [6.07, 6.45) is 7.56. The van der Waals surface area contributed by atoms with Gasteiger partial charge in [-0.3, -0.25) is 0 Å². The number of nitrogens with one attached hydrogen (secondary N) is 1. The van der Waals surface area contributed by atoms with Crippen molar-refractivity contribution in [2.75, 3.05) is 26.7 Å². The first-order valence-corrected chi connectivity index (χ1v) is 8.58. The molecule has 5 nitrogen and oxygen atoms in total. The van der Waals surface area contributed by atoms with Gasteiger partial charge < -0.3 is 14.8 Å². The number of hydrogen-bond acceptors (Lipinski definition) is 4. The molecule has 21 heavy (non-hydrogen) atoms. The van der Waals surface area contributed by atoms with Crippen molar-refractivity contribution >= 4 is 0 Å². The zero-order valence-electron chi connectivity index (χ0n) is 13.5. The number of piperidine rings is 1. The van der Waals surface area contributed by atoms with E-state index in [1.165, 1.54) is 51.0 Å². The average molecular weight is 291 g/mol. The van der Waals surface area contributed by atoms with Crippen LogP contribution < -0.4 is 5.32 Å². The first-order valence-electron chi connectivity index (χ1n) is 8.58. The first-order chi connectivity index (χ1) is 10.2. The van der Waals surface area contributed by atoms with Gasteiger partial charge in [0, 0.05) is 13.0 Å². The fourth-order valence-corrected chi connectivity index (χ4v) is 3.53. The molecule has 1 aromatic rings. The number of aromatic nitrogens is 3. The summed E-state index contributed by atoms with van der Waals surface area (Å²) in [5, 5.41) is 12.6. The van der Waals surface area contributed by atoms with Gasteiger partial charge in [0.05, 0.1) is 6.04 Å². The largest absolute Gasteiger partial charge is 0.314 e. The van der Waals surface area contributed by atoms with Crippen molar-refractivity contribution in [2.45, 2.75) is 58.0 Å². The van der Waals surface area contributed by atoms with Crippen LogP contribution in [0.3, 0.4) is 0 Å². The van der Waals surface area contributed by atoms with Crippen LogP contribution in [0.5, 0.6) is 0 Å². The summed E-state index contributed by atoms with van der Waals surface area (Å²) in [7, 11) is 2.22. The summed E-state index contributed by atoms with van der Waals surface area (Å²) >= 11 is 0. The molecule has 2 aliphatic rings. The Hall–Kier alpha value is -0.940. The van der Waals surface area contributed by atoms with E-state index in [1.54, 1.807) is 0 Å². The summed E-state index contributed by atoms with van der Waals surface area (Å²) in [6, 6.07) is 0.309.